The van der Waals surface area contributed by atoms with Crippen molar-refractivity contribution in [1.82, 2.24) is 24.8 Å². The number of ether oxygens (including phenoxy) is 2. The highest BCUT2D eigenvalue weighted by atomic mass is 32.1. The molecule has 3 aromatic heterocycles. The van der Waals surface area contributed by atoms with Crippen LogP contribution in [0.3, 0.4) is 0 Å². The third-order valence-corrected chi connectivity index (χ3v) is 6.97. The maximum Gasteiger partial charge on any atom is 0.317 e. The van der Waals surface area contributed by atoms with Gasteiger partial charge in [-0.2, -0.15) is 4.98 Å². The van der Waals surface area contributed by atoms with Gasteiger partial charge in [-0.25, -0.2) is 15.0 Å². The van der Waals surface area contributed by atoms with Crippen molar-refractivity contribution in [2.24, 2.45) is 5.41 Å². The number of hydrogen-bond donors (Lipinski definition) is 1. The summed E-state index contributed by atoms with van der Waals surface area (Å²) in [4.78, 5) is 21.0. The van der Waals surface area contributed by atoms with Gasteiger partial charge in [0.2, 0.25) is 0 Å². The lowest BCUT2D eigenvalue weighted by atomic mass is 9.72. The van der Waals surface area contributed by atoms with Crippen molar-refractivity contribution in [2.45, 2.75) is 38.3 Å². The molecule has 1 aliphatic carbocycles. The molecule has 3 aromatic rings. The van der Waals surface area contributed by atoms with Gasteiger partial charge in [-0.05, 0) is 57.5 Å². The lowest BCUT2D eigenvalue weighted by Gasteiger charge is -2.45. The fourth-order valence-corrected chi connectivity index (χ4v) is 4.99. The minimum Gasteiger partial charge on any atom is -0.460 e. The van der Waals surface area contributed by atoms with Crippen LogP contribution in [-0.2, 0) is 11.3 Å². The summed E-state index contributed by atoms with van der Waals surface area (Å²) < 4.78 is 11.5. The molecule has 2 aliphatic rings. The van der Waals surface area contributed by atoms with Crippen LogP contribution in [-0.4, -0.2) is 58.2 Å². The molecule has 0 atom stereocenters. The number of nitrogens with zero attached hydrogens (tertiary/aromatic N) is 5. The Morgan fingerprint density at radius 3 is 2.66 bits per heavy atom. The summed E-state index contributed by atoms with van der Waals surface area (Å²) in [5.74, 6) is 0.770. The van der Waals surface area contributed by atoms with E-state index in [0.717, 1.165) is 67.0 Å². The maximum atomic E-state index is 6.11. The Morgan fingerprint density at radius 1 is 1.12 bits per heavy atom. The quantitative estimate of drug-likeness (QED) is 0.573. The second-order valence-electron chi connectivity index (χ2n) is 8.98. The molecule has 2 fully saturated rings. The Balaban J connectivity index is 1.20. The molecule has 32 heavy (non-hydrogen) atoms. The monoisotopic (exact) mass is 452 g/mol. The Morgan fingerprint density at radius 2 is 1.97 bits per heavy atom. The Bertz CT molecular complexity index is 1040. The summed E-state index contributed by atoms with van der Waals surface area (Å²) >= 11 is 1.53. The first-order chi connectivity index (χ1) is 15.6. The predicted molar refractivity (Wildman–Crippen MR) is 124 cm³/mol. The van der Waals surface area contributed by atoms with E-state index in [1.807, 2.05) is 38.6 Å². The zero-order valence-corrected chi connectivity index (χ0v) is 19.3. The summed E-state index contributed by atoms with van der Waals surface area (Å²) in [6.45, 7) is 2.68. The third-order valence-electron chi connectivity index (χ3n) is 6.03. The highest BCUT2D eigenvalue weighted by molar-refractivity contribution is 7.18. The molecule has 1 saturated heterocycles. The number of thiazole rings is 1. The first-order valence-electron chi connectivity index (χ1n) is 11.0. The van der Waals surface area contributed by atoms with Gasteiger partial charge in [0.1, 0.15) is 11.9 Å². The van der Waals surface area contributed by atoms with Gasteiger partial charge < -0.3 is 19.7 Å². The van der Waals surface area contributed by atoms with E-state index in [1.165, 1.54) is 16.9 Å². The van der Waals surface area contributed by atoms with Crippen LogP contribution >= 0.6 is 11.3 Å². The molecule has 0 aromatic carbocycles. The molecule has 1 aliphatic heterocycles. The van der Waals surface area contributed by atoms with Crippen molar-refractivity contribution in [3.63, 3.8) is 0 Å². The number of nitrogens with one attached hydrogen (secondary N) is 1. The van der Waals surface area contributed by atoms with Gasteiger partial charge in [-0.15, -0.1) is 0 Å². The molecule has 0 amide bonds. The standard InChI is InChI=1S/C23H28N6O2S/c1-29(2)13-16-3-4-20(25-11-16)28-22-26-12-19(32-22)18-7-10-24-21(27-18)31-17-5-8-23(9-6-17)14-30-15-23/h3-4,7,10-12,17H,5-6,8-9,13-15H2,1-2H3,(H,25,26,28). The van der Waals surface area contributed by atoms with E-state index < -0.39 is 0 Å². The van der Waals surface area contributed by atoms with Gasteiger partial charge in [0.05, 0.1) is 23.8 Å². The lowest BCUT2D eigenvalue weighted by Crippen LogP contribution is -2.46. The van der Waals surface area contributed by atoms with Crippen molar-refractivity contribution < 1.29 is 9.47 Å². The zero-order valence-electron chi connectivity index (χ0n) is 18.5. The van der Waals surface area contributed by atoms with E-state index in [2.05, 4.69) is 36.2 Å². The molecular formula is C23H28N6O2S. The number of rotatable bonds is 7. The van der Waals surface area contributed by atoms with E-state index in [9.17, 15) is 0 Å². The molecule has 5 rings (SSSR count). The van der Waals surface area contributed by atoms with Crippen molar-refractivity contribution in [1.29, 1.82) is 0 Å². The van der Waals surface area contributed by atoms with E-state index in [-0.39, 0.29) is 6.10 Å². The third kappa shape index (κ3) is 4.90. The molecule has 0 radical (unpaired) electrons. The summed E-state index contributed by atoms with van der Waals surface area (Å²) in [6, 6.07) is 6.37. The van der Waals surface area contributed by atoms with Crippen molar-refractivity contribution >= 4 is 22.3 Å². The highest BCUT2D eigenvalue weighted by Gasteiger charge is 2.42. The van der Waals surface area contributed by atoms with E-state index in [0.29, 0.717) is 11.4 Å². The summed E-state index contributed by atoms with van der Waals surface area (Å²) in [5.41, 5.74) is 2.40. The van der Waals surface area contributed by atoms with Crippen LogP contribution in [0.5, 0.6) is 6.01 Å². The summed E-state index contributed by atoms with van der Waals surface area (Å²) in [7, 11) is 4.09. The van der Waals surface area contributed by atoms with Crippen LogP contribution in [0.15, 0.2) is 36.8 Å². The van der Waals surface area contributed by atoms with Gasteiger partial charge in [-0.3, -0.25) is 0 Å². The van der Waals surface area contributed by atoms with Gasteiger partial charge in [0, 0.05) is 30.6 Å². The summed E-state index contributed by atoms with van der Waals surface area (Å²) in [6.07, 6.45) is 10.0. The number of aromatic nitrogens is 4. The second-order valence-corrected chi connectivity index (χ2v) is 10.0. The molecular weight excluding hydrogens is 424 g/mol. The molecule has 1 spiro atoms. The van der Waals surface area contributed by atoms with Gasteiger partial charge >= 0.3 is 6.01 Å². The van der Waals surface area contributed by atoms with E-state index in [4.69, 9.17) is 9.47 Å². The van der Waals surface area contributed by atoms with Crippen LogP contribution in [0.4, 0.5) is 10.9 Å². The fourth-order valence-electron chi connectivity index (χ4n) is 4.20. The van der Waals surface area contributed by atoms with Gasteiger partial charge in [0.15, 0.2) is 5.13 Å². The largest absolute Gasteiger partial charge is 0.460 e. The average molecular weight is 453 g/mol. The minimum absolute atomic E-state index is 0.178. The van der Waals surface area contributed by atoms with Crippen LogP contribution in [0.2, 0.25) is 0 Å². The first-order valence-corrected chi connectivity index (χ1v) is 11.8. The smallest absolute Gasteiger partial charge is 0.317 e. The number of hydrogen-bond acceptors (Lipinski definition) is 9. The summed E-state index contributed by atoms with van der Waals surface area (Å²) in [5, 5.41) is 4.04. The fraction of sp³-hybridized carbons (Fsp3) is 0.478. The number of anilines is 2. The van der Waals surface area contributed by atoms with Crippen LogP contribution in [0.25, 0.3) is 10.6 Å². The van der Waals surface area contributed by atoms with Crippen molar-refractivity contribution in [3.8, 4) is 16.6 Å². The maximum absolute atomic E-state index is 6.11. The normalized spacial score (nSPS) is 18.0. The van der Waals surface area contributed by atoms with Crippen LogP contribution in [0, 0.1) is 5.41 Å². The Kier molecular flexibility index (Phi) is 6.03. The van der Waals surface area contributed by atoms with Crippen LogP contribution < -0.4 is 10.1 Å². The molecule has 168 valence electrons. The topological polar surface area (TPSA) is 85.3 Å². The minimum atomic E-state index is 0.178. The molecule has 1 saturated carbocycles. The van der Waals surface area contributed by atoms with E-state index in [1.54, 1.807) is 6.20 Å². The Hall–Kier alpha value is -2.62. The molecule has 8 nitrogen and oxygen atoms in total. The highest BCUT2D eigenvalue weighted by Crippen LogP contribution is 2.43. The molecule has 1 N–H and O–H groups in total. The SMILES string of the molecule is CN(C)Cc1ccc(Nc2ncc(-c3ccnc(OC4CCC5(CC4)COC5)n3)s2)nc1. The first kappa shape index (κ1) is 21.2. The van der Waals surface area contributed by atoms with Crippen LogP contribution in [0.1, 0.15) is 31.2 Å². The molecule has 9 heteroatoms. The Labute approximate surface area is 192 Å². The zero-order chi connectivity index (χ0) is 22.0. The number of pyridine rings is 1. The van der Waals surface area contributed by atoms with Gasteiger partial charge in [0.25, 0.3) is 0 Å². The second kappa shape index (κ2) is 9.09. The molecule has 0 bridgehead atoms. The predicted octanol–water partition coefficient (Wildman–Crippen LogP) is 4.14. The molecule has 0 unspecified atom stereocenters. The molecule has 4 heterocycles. The van der Waals surface area contributed by atoms with E-state index >= 15 is 0 Å². The van der Waals surface area contributed by atoms with Crippen molar-refractivity contribution in [3.05, 3.63) is 42.4 Å². The van der Waals surface area contributed by atoms with Gasteiger partial charge in [-0.1, -0.05) is 17.4 Å². The average Bonchev–Trinajstić information content (AvgIpc) is 3.23. The van der Waals surface area contributed by atoms with Crippen molar-refractivity contribution in [2.75, 3.05) is 32.6 Å². The lowest BCUT2D eigenvalue weighted by molar-refractivity contribution is -0.140.